The zero-order valence-corrected chi connectivity index (χ0v) is 15.3. The van der Waals surface area contributed by atoms with Crippen molar-refractivity contribution in [1.82, 2.24) is 9.80 Å². The van der Waals surface area contributed by atoms with Gasteiger partial charge in [0.25, 0.3) is 0 Å². The molecule has 23 heavy (non-hydrogen) atoms. The number of unbranched alkanes of at least 4 members (excludes halogenated alkanes) is 8. The van der Waals surface area contributed by atoms with Gasteiger partial charge in [-0.15, -0.1) is 0 Å². The number of nitrogens with zero attached hydrogens (tertiary/aromatic N) is 2. The number of hydrogen-bond donors (Lipinski definition) is 1. The summed E-state index contributed by atoms with van der Waals surface area (Å²) in [6.07, 6.45) is 13.4. The summed E-state index contributed by atoms with van der Waals surface area (Å²) in [5.41, 5.74) is 0. The van der Waals surface area contributed by atoms with Crippen LogP contribution in [0.3, 0.4) is 0 Å². The van der Waals surface area contributed by atoms with Crippen LogP contribution in [0.25, 0.3) is 0 Å². The first-order chi connectivity index (χ1) is 11.3. The Balaban J connectivity index is 2.01. The van der Waals surface area contributed by atoms with Gasteiger partial charge in [0.15, 0.2) is 0 Å². The molecule has 136 valence electrons. The van der Waals surface area contributed by atoms with Crippen LogP contribution in [0.2, 0.25) is 0 Å². The first-order valence-corrected chi connectivity index (χ1v) is 9.89. The Morgan fingerprint density at radius 3 is 2.17 bits per heavy atom. The molecule has 0 aromatic heterocycles. The molecule has 1 rings (SSSR count). The van der Waals surface area contributed by atoms with Gasteiger partial charge < -0.3 is 10.0 Å². The molecule has 0 radical (unpaired) electrons. The van der Waals surface area contributed by atoms with Crippen molar-refractivity contribution in [2.75, 3.05) is 39.3 Å². The summed E-state index contributed by atoms with van der Waals surface area (Å²) in [5, 5.41) is 9.01. The van der Waals surface area contributed by atoms with Gasteiger partial charge in [0, 0.05) is 32.6 Å². The highest BCUT2D eigenvalue weighted by molar-refractivity contribution is 5.76. The molecule has 1 N–H and O–H groups in total. The predicted octanol–water partition coefficient (Wildman–Crippen LogP) is 3.43. The Labute approximate surface area is 143 Å². The summed E-state index contributed by atoms with van der Waals surface area (Å²) in [7, 11) is 0. The minimum atomic E-state index is 0.215. The fourth-order valence-corrected chi connectivity index (χ4v) is 3.33. The van der Waals surface area contributed by atoms with Gasteiger partial charge in [-0.3, -0.25) is 9.69 Å². The van der Waals surface area contributed by atoms with Crippen molar-refractivity contribution < 1.29 is 9.90 Å². The van der Waals surface area contributed by atoms with Crippen LogP contribution in [-0.4, -0.2) is 60.1 Å². The Kier molecular flexibility index (Phi) is 12.3. The zero-order valence-electron chi connectivity index (χ0n) is 15.3. The topological polar surface area (TPSA) is 43.8 Å². The third-order valence-electron chi connectivity index (χ3n) is 4.85. The summed E-state index contributed by atoms with van der Waals surface area (Å²) in [4.78, 5) is 16.6. The van der Waals surface area contributed by atoms with Crippen molar-refractivity contribution in [3.63, 3.8) is 0 Å². The molecule has 1 saturated heterocycles. The summed E-state index contributed by atoms with van der Waals surface area (Å²) in [5.74, 6) is 0.332. The van der Waals surface area contributed by atoms with Crippen LogP contribution in [0.4, 0.5) is 0 Å². The van der Waals surface area contributed by atoms with Gasteiger partial charge in [-0.25, -0.2) is 0 Å². The van der Waals surface area contributed by atoms with Crippen LogP contribution in [0.1, 0.15) is 77.6 Å². The highest BCUT2D eigenvalue weighted by Crippen LogP contribution is 2.12. The van der Waals surface area contributed by atoms with E-state index < -0.39 is 0 Å². The molecule has 1 amide bonds. The molecule has 0 aliphatic carbocycles. The summed E-state index contributed by atoms with van der Waals surface area (Å²) in [6.45, 7) is 6.83. The van der Waals surface area contributed by atoms with Gasteiger partial charge >= 0.3 is 0 Å². The van der Waals surface area contributed by atoms with Crippen molar-refractivity contribution in [3.8, 4) is 0 Å². The Bertz CT molecular complexity index is 297. The average molecular weight is 327 g/mol. The van der Waals surface area contributed by atoms with E-state index in [1.807, 2.05) is 4.90 Å². The molecule has 1 aliphatic rings. The van der Waals surface area contributed by atoms with Gasteiger partial charge in [-0.2, -0.15) is 0 Å². The maximum atomic E-state index is 12.3. The molecule has 0 aromatic rings. The van der Waals surface area contributed by atoms with Crippen molar-refractivity contribution >= 4 is 5.91 Å². The number of aliphatic hydroxyl groups excluding tert-OH is 1. The van der Waals surface area contributed by atoms with Crippen LogP contribution >= 0.6 is 0 Å². The molecule has 0 spiro atoms. The molecular formula is C19H38N2O2. The lowest BCUT2D eigenvalue weighted by Gasteiger charge is -2.21. The normalized spacial score (nSPS) is 16.5. The van der Waals surface area contributed by atoms with Crippen LogP contribution in [-0.2, 0) is 4.79 Å². The van der Waals surface area contributed by atoms with Crippen molar-refractivity contribution in [1.29, 1.82) is 0 Å². The third-order valence-corrected chi connectivity index (χ3v) is 4.85. The fraction of sp³-hybridized carbons (Fsp3) is 0.947. The molecule has 0 unspecified atom stereocenters. The number of hydrogen-bond acceptors (Lipinski definition) is 3. The van der Waals surface area contributed by atoms with Gasteiger partial charge in [-0.1, -0.05) is 58.3 Å². The minimum absolute atomic E-state index is 0.215. The number of β-amino-alcohol motifs (C(OH)–C–C–N with tert-alkyl or cyclic N) is 1. The van der Waals surface area contributed by atoms with E-state index in [4.69, 9.17) is 5.11 Å². The molecule has 4 nitrogen and oxygen atoms in total. The molecule has 0 atom stereocenters. The second-order valence-corrected chi connectivity index (χ2v) is 6.88. The van der Waals surface area contributed by atoms with E-state index >= 15 is 0 Å². The standard InChI is InChI=1S/C19H38N2O2/c1-2-3-4-5-6-7-8-9-10-12-19(23)21-14-11-13-20(15-16-21)17-18-22/h22H,2-18H2,1H3. The fourth-order valence-electron chi connectivity index (χ4n) is 3.33. The smallest absolute Gasteiger partial charge is 0.222 e. The lowest BCUT2D eigenvalue weighted by Crippen LogP contribution is -2.35. The third kappa shape index (κ3) is 9.98. The van der Waals surface area contributed by atoms with Crippen LogP contribution in [0, 0.1) is 0 Å². The molecule has 0 bridgehead atoms. The number of aliphatic hydroxyl groups is 1. The summed E-state index contributed by atoms with van der Waals surface area (Å²) < 4.78 is 0. The molecule has 0 saturated carbocycles. The van der Waals surface area contributed by atoms with E-state index in [1.54, 1.807) is 0 Å². The Hall–Kier alpha value is -0.610. The molecule has 1 heterocycles. The predicted molar refractivity (Wildman–Crippen MR) is 96.6 cm³/mol. The summed E-state index contributed by atoms with van der Waals surface area (Å²) >= 11 is 0. The van der Waals surface area contributed by atoms with E-state index in [0.717, 1.165) is 52.0 Å². The largest absolute Gasteiger partial charge is 0.395 e. The molecule has 4 heteroatoms. The molecular weight excluding hydrogens is 288 g/mol. The lowest BCUT2D eigenvalue weighted by atomic mass is 10.1. The van der Waals surface area contributed by atoms with E-state index in [0.29, 0.717) is 5.91 Å². The van der Waals surface area contributed by atoms with E-state index in [1.165, 1.54) is 51.4 Å². The van der Waals surface area contributed by atoms with E-state index in [-0.39, 0.29) is 6.61 Å². The lowest BCUT2D eigenvalue weighted by molar-refractivity contribution is -0.131. The van der Waals surface area contributed by atoms with Crippen LogP contribution in [0.5, 0.6) is 0 Å². The SMILES string of the molecule is CCCCCCCCCCCC(=O)N1CCCN(CCO)CC1. The van der Waals surface area contributed by atoms with Crippen molar-refractivity contribution in [2.24, 2.45) is 0 Å². The van der Waals surface area contributed by atoms with Crippen LogP contribution in [0.15, 0.2) is 0 Å². The first-order valence-electron chi connectivity index (χ1n) is 9.89. The van der Waals surface area contributed by atoms with Gasteiger partial charge in [0.2, 0.25) is 5.91 Å². The number of carbonyl (C=O) groups is 1. The number of amides is 1. The Morgan fingerprint density at radius 2 is 1.52 bits per heavy atom. The van der Waals surface area contributed by atoms with Gasteiger partial charge in [0.05, 0.1) is 6.61 Å². The number of carbonyl (C=O) groups excluding carboxylic acids is 1. The highest BCUT2D eigenvalue weighted by Gasteiger charge is 2.18. The second kappa shape index (κ2) is 13.8. The molecule has 0 aromatic carbocycles. The van der Waals surface area contributed by atoms with Crippen molar-refractivity contribution in [3.05, 3.63) is 0 Å². The average Bonchev–Trinajstić information content (AvgIpc) is 2.79. The zero-order chi connectivity index (χ0) is 16.8. The van der Waals surface area contributed by atoms with Gasteiger partial charge in [-0.05, 0) is 19.4 Å². The number of rotatable bonds is 12. The monoisotopic (exact) mass is 326 g/mol. The maximum absolute atomic E-state index is 12.3. The second-order valence-electron chi connectivity index (χ2n) is 6.88. The maximum Gasteiger partial charge on any atom is 0.222 e. The highest BCUT2D eigenvalue weighted by atomic mass is 16.3. The summed E-state index contributed by atoms with van der Waals surface area (Å²) in [6, 6.07) is 0. The quantitative estimate of drug-likeness (QED) is 0.559. The minimum Gasteiger partial charge on any atom is -0.395 e. The van der Waals surface area contributed by atoms with Crippen molar-refractivity contribution in [2.45, 2.75) is 77.6 Å². The molecule has 1 fully saturated rings. The van der Waals surface area contributed by atoms with Gasteiger partial charge in [0.1, 0.15) is 0 Å². The Morgan fingerprint density at radius 1 is 0.870 bits per heavy atom. The first kappa shape index (κ1) is 20.4. The molecule has 1 aliphatic heterocycles. The van der Waals surface area contributed by atoms with Crippen LogP contribution < -0.4 is 0 Å². The van der Waals surface area contributed by atoms with E-state index in [9.17, 15) is 4.79 Å². The van der Waals surface area contributed by atoms with E-state index in [2.05, 4.69) is 11.8 Å².